The molecule has 7 nitrogen and oxygen atoms in total. The zero-order chi connectivity index (χ0) is 16.4. The highest BCUT2D eigenvalue weighted by Crippen LogP contribution is 2.27. The van der Waals surface area contributed by atoms with Crippen LogP contribution in [0, 0.1) is 0 Å². The Bertz CT molecular complexity index is 649. The van der Waals surface area contributed by atoms with Crippen molar-refractivity contribution in [3.05, 3.63) is 30.4 Å². The highest BCUT2D eigenvalue weighted by molar-refractivity contribution is 5.80. The summed E-state index contributed by atoms with van der Waals surface area (Å²) in [5, 5.41) is 4.11. The summed E-state index contributed by atoms with van der Waals surface area (Å²) < 4.78 is 7.13. The van der Waals surface area contributed by atoms with Crippen molar-refractivity contribution in [2.24, 2.45) is 0 Å². The molecule has 0 radical (unpaired) electrons. The monoisotopic (exact) mass is 317 g/mol. The summed E-state index contributed by atoms with van der Waals surface area (Å²) >= 11 is 0. The Kier molecular flexibility index (Phi) is 4.45. The molecule has 2 atom stereocenters. The first-order valence-corrected chi connectivity index (χ1v) is 8.16. The van der Waals surface area contributed by atoms with Gasteiger partial charge >= 0.3 is 0 Å². The van der Waals surface area contributed by atoms with E-state index in [1.165, 1.54) is 0 Å². The van der Waals surface area contributed by atoms with Crippen molar-refractivity contribution < 1.29 is 9.32 Å². The van der Waals surface area contributed by atoms with Crippen molar-refractivity contribution in [1.29, 1.82) is 0 Å². The van der Waals surface area contributed by atoms with E-state index in [4.69, 9.17) is 4.52 Å². The topological polar surface area (TPSA) is 77.1 Å². The molecule has 0 saturated carbocycles. The summed E-state index contributed by atoms with van der Waals surface area (Å²) in [4.78, 5) is 23.1. The van der Waals surface area contributed by atoms with Crippen molar-refractivity contribution in [3.8, 4) is 0 Å². The first-order chi connectivity index (χ1) is 11.1. The lowest BCUT2D eigenvalue weighted by atomic mass is 9.97. The van der Waals surface area contributed by atoms with E-state index < -0.39 is 0 Å². The minimum atomic E-state index is -0.243. The molecule has 7 heteroatoms. The van der Waals surface area contributed by atoms with Crippen molar-refractivity contribution in [2.75, 3.05) is 13.1 Å². The van der Waals surface area contributed by atoms with Crippen LogP contribution in [0.1, 0.15) is 63.2 Å². The molecule has 1 saturated heterocycles. The summed E-state index contributed by atoms with van der Waals surface area (Å²) in [5.74, 6) is 1.87. The van der Waals surface area contributed by atoms with Gasteiger partial charge in [-0.15, -0.1) is 0 Å². The maximum atomic E-state index is 12.7. The first-order valence-electron chi connectivity index (χ1n) is 8.16. The number of aromatic nitrogens is 4. The van der Waals surface area contributed by atoms with Crippen molar-refractivity contribution in [1.82, 2.24) is 24.6 Å². The third kappa shape index (κ3) is 3.28. The largest absolute Gasteiger partial charge is 0.340 e. The Balaban J connectivity index is 1.69. The summed E-state index contributed by atoms with van der Waals surface area (Å²) in [6.07, 6.45) is 7.13. The molecular weight excluding hydrogens is 294 g/mol. The number of hydrogen-bond acceptors (Lipinski definition) is 5. The van der Waals surface area contributed by atoms with Gasteiger partial charge in [0.1, 0.15) is 6.04 Å². The second kappa shape index (κ2) is 6.52. The third-order valence-electron chi connectivity index (χ3n) is 4.38. The molecule has 1 aliphatic rings. The predicted molar refractivity (Wildman–Crippen MR) is 83.9 cm³/mol. The maximum Gasteiger partial charge on any atom is 0.245 e. The number of hydrogen-bond donors (Lipinski definition) is 0. The van der Waals surface area contributed by atoms with Gasteiger partial charge in [0.25, 0.3) is 0 Å². The van der Waals surface area contributed by atoms with Gasteiger partial charge in [-0.25, -0.2) is 4.98 Å². The van der Waals surface area contributed by atoms with Crippen LogP contribution in [-0.4, -0.2) is 43.6 Å². The molecule has 23 heavy (non-hydrogen) atoms. The van der Waals surface area contributed by atoms with Crippen LogP contribution in [0.5, 0.6) is 0 Å². The molecule has 0 N–H and O–H groups in total. The molecule has 0 bridgehead atoms. The quantitative estimate of drug-likeness (QED) is 0.865. The minimum absolute atomic E-state index is 0.111. The molecule has 3 rings (SSSR count). The molecule has 1 aliphatic heterocycles. The lowest BCUT2D eigenvalue weighted by Gasteiger charge is -2.33. The number of piperidine rings is 1. The fraction of sp³-hybridized carbons (Fsp3) is 0.625. The van der Waals surface area contributed by atoms with Gasteiger partial charge in [-0.05, 0) is 19.8 Å². The number of rotatable bonds is 4. The average molecular weight is 317 g/mol. The predicted octanol–water partition coefficient (Wildman–Crippen LogP) is 2.36. The van der Waals surface area contributed by atoms with Crippen LogP contribution in [0.4, 0.5) is 0 Å². The maximum absolute atomic E-state index is 12.7. The summed E-state index contributed by atoms with van der Waals surface area (Å²) in [6.45, 7) is 7.39. The molecule has 3 heterocycles. The van der Waals surface area contributed by atoms with Gasteiger partial charge in [0.2, 0.25) is 11.8 Å². The van der Waals surface area contributed by atoms with Crippen LogP contribution < -0.4 is 0 Å². The fourth-order valence-electron chi connectivity index (χ4n) is 2.93. The Hall–Kier alpha value is -2.18. The highest BCUT2D eigenvalue weighted by atomic mass is 16.5. The van der Waals surface area contributed by atoms with E-state index >= 15 is 0 Å². The highest BCUT2D eigenvalue weighted by Gasteiger charge is 2.30. The Morgan fingerprint density at radius 3 is 2.87 bits per heavy atom. The molecule has 0 unspecified atom stereocenters. The normalized spacial score (nSPS) is 20.0. The van der Waals surface area contributed by atoms with Crippen molar-refractivity contribution in [2.45, 2.75) is 51.5 Å². The fourth-order valence-corrected chi connectivity index (χ4v) is 2.93. The number of imidazole rings is 1. The van der Waals surface area contributed by atoms with Crippen LogP contribution in [0.15, 0.2) is 23.2 Å². The van der Waals surface area contributed by atoms with Gasteiger partial charge in [0.15, 0.2) is 5.82 Å². The molecular formula is C16H23N5O2. The Morgan fingerprint density at radius 2 is 2.22 bits per heavy atom. The smallest absolute Gasteiger partial charge is 0.245 e. The van der Waals surface area contributed by atoms with E-state index in [-0.39, 0.29) is 23.8 Å². The van der Waals surface area contributed by atoms with E-state index in [0.717, 1.165) is 25.2 Å². The zero-order valence-corrected chi connectivity index (χ0v) is 13.8. The van der Waals surface area contributed by atoms with Gasteiger partial charge in [-0.3, -0.25) is 4.79 Å². The number of amides is 1. The lowest BCUT2D eigenvalue weighted by molar-refractivity contribution is -0.135. The van der Waals surface area contributed by atoms with Gasteiger partial charge in [0.05, 0.1) is 6.33 Å². The van der Waals surface area contributed by atoms with E-state index in [9.17, 15) is 4.79 Å². The lowest BCUT2D eigenvalue weighted by Crippen LogP contribution is -2.42. The number of nitrogens with zero attached hydrogens (tertiary/aromatic N) is 5. The minimum Gasteiger partial charge on any atom is -0.340 e. The molecule has 0 aromatic carbocycles. The molecule has 1 fully saturated rings. The van der Waals surface area contributed by atoms with E-state index in [0.29, 0.717) is 12.4 Å². The molecule has 1 amide bonds. The Labute approximate surface area is 135 Å². The second-order valence-electron chi connectivity index (χ2n) is 6.45. The number of carbonyl (C=O) groups excluding carboxylic acids is 1. The zero-order valence-electron chi connectivity index (χ0n) is 13.8. The van der Waals surface area contributed by atoms with Gasteiger partial charge in [-0.2, -0.15) is 4.98 Å². The van der Waals surface area contributed by atoms with Gasteiger partial charge in [-0.1, -0.05) is 19.0 Å². The van der Waals surface area contributed by atoms with Crippen LogP contribution >= 0.6 is 0 Å². The summed E-state index contributed by atoms with van der Waals surface area (Å²) in [6, 6.07) is -0.243. The van der Waals surface area contributed by atoms with Gasteiger partial charge in [0, 0.05) is 37.3 Å². The molecule has 2 aromatic heterocycles. The van der Waals surface area contributed by atoms with Crippen LogP contribution in [0.2, 0.25) is 0 Å². The third-order valence-corrected chi connectivity index (χ3v) is 4.38. The molecule has 124 valence electrons. The van der Waals surface area contributed by atoms with Crippen LogP contribution in [0.3, 0.4) is 0 Å². The van der Waals surface area contributed by atoms with E-state index in [1.807, 2.05) is 36.4 Å². The van der Waals surface area contributed by atoms with Gasteiger partial charge < -0.3 is 14.0 Å². The molecule has 2 aromatic rings. The van der Waals surface area contributed by atoms with E-state index in [1.54, 1.807) is 12.5 Å². The summed E-state index contributed by atoms with van der Waals surface area (Å²) in [7, 11) is 0. The van der Waals surface area contributed by atoms with Crippen LogP contribution in [-0.2, 0) is 4.79 Å². The molecule has 0 aliphatic carbocycles. The summed E-state index contributed by atoms with van der Waals surface area (Å²) in [5.41, 5.74) is 0. The number of likely N-dealkylation sites (tertiary alicyclic amines) is 1. The molecule has 0 spiro atoms. The van der Waals surface area contributed by atoms with Crippen molar-refractivity contribution in [3.63, 3.8) is 0 Å². The first kappa shape index (κ1) is 15.7. The SMILES string of the molecule is CC(C)c1nc([C@H]2CCCN(C(=O)[C@@H](C)n3ccnc3)C2)no1. The standard InChI is InChI=1S/C16H23N5O2/c1-11(2)15-18-14(19-23-15)13-5-4-7-20(9-13)16(22)12(3)21-8-6-17-10-21/h6,8,10-13H,4-5,7,9H2,1-3H3/t12-,13+/m1/s1. The Morgan fingerprint density at radius 1 is 1.39 bits per heavy atom. The number of carbonyl (C=O) groups is 1. The second-order valence-corrected chi connectivity index (χ2v) is 6.45. The average Bonchev–Trinajstić information content (AvgIpc) is 3.25. The van der Waals surface area contributed by atoms with Crippen molar-refractivity contribution >= 4 is 5.91 Å². The van der Waals surface area contributed by atoms with Crippen LogP contribution in [0.25, 0.3) is 0 Å². The van der Waals surface area contributed by atoms with E-state index in [2.05, 4.69) is 15.1 Å².